The number of hydrogen-bond donors (Lipinski definition) is 2. The van der Waals surface area contributed by atoms with Crippen molar-refractivity contribution in [3.05, 3.63) is 58.8 Å². The van der Waals surface area contributed by atoms with Crippen LogP contribution in [0.3, 0.4) is 0 Å². The van der Waals surface area contributed by atoms with Crippen LogP contribution >= 0.6 is 11.6 Å². The molecule has 0 aliphatic rings. The van der Waals surface area contributed by atoms with Crippen molar-refractivity contribution in [2.75, 3.05) is 27.4 Å². The van der Waals surface area contributed by atoms with Gasteiger partial charge in [0.2, 0.25) is 17.4 Å². The SMILES string of the molecule is COCCCOc1ccc(-c2cc3c(C(=O)c4cc(OC)no4)c(O)[nH]c3cc2Cl)cc1. The Bertz CT molecular complexity index is 1250. The Labute approximate surface area is 188 Å². The van der Waals surface area contributed by atoms with E-state index in [0.717, 1.165) is 17.7 Å². The van der Waals surface area contributed by atoms with Gasteiger partial charge in [-0.05, 0) is 35.0 Å². The normalized spacial score (nSPS) is 11.1. The zero-order chi connectivity index (χ0) is 22.7. The summed E-state index contributed by atoms with van der Waals surface area (Å²) < 4.78 is 20.7. The molecule has 0 saturated carbocycles. The quantitative estimate of drug-likeness (QED) is 0.274. The van der Waals surface area contributed by atoms with Crippen LogP contribution in [-0.4, -0.2) is 48.5 Å². The van der Waals surface area contributed by atoms with E-state index in [1.54, 1.807) is 19.2 Å². The highest BCUT2D eigenvalue weighted by Gasteiger charge is 2.25. The van der Waals surface area contributed by atoms with Gasteiger partial charge in [0.05, 0.1) is 35.9 Å². The Kier molecular flexibility index (Phi) is 6.34. The fourth-order valence-electron chi connectivity index (χ4n) is 3.36. The molecule has 0 spiro atoms. The van der Waals surface area contributed by atoms with Gasteiger partial charge in [0.15, 0.2) is 0 Å². The van der Waals surface area contributed by atoms with Crippen molar-refractivity contribution in [3.8, 4) is 28.6 Å². The summed E-state index contributed by atoms with van der Waals surface area (Å²) in [6, 6.07) is 12.3. The first-order valence-corrected chi connectivity index (χ1v) is 10.2. The molecule has 166 valence electrons. The number of nitrogens with one attached hydrogen (secondary N) is 1. The number of hydrogen-bond acceptors (Lipinski definition) is 7. The first kappa shape index (κ1) is 21.7. The molecule has 2 N–H and O–H groups in total. The van der Waals surface area contributed by atoms with Gasteiger partial charge in [-0.25, -0.2) is 0 Å². The van der Waals surface area contributed by atoms with Gasteiger partial charge >= 0.3 is 0 Å². The van der Waals surface area contributed by atoms with E-state index in [9.17, 15) is 9.90 Å². The molecule has 0 bridgehead atoms. The number of H-pyrrole nitrogens is 1. The highest BCUT2D eigenvalue weighted by atomic mass is 35.5. The number of aromatic hydroxyl groups is 1. The molecule has 0 aliphatic carbocycles. The van der Waals surface area contributed by atoms with Crippen LogP contribution in [0.2, 0.25) is 5.02 Å². The summed E-state index contributed by atoms with van der Waals surface area (Å²) >= 11 is 6.50. The van der Waals surface area contributed by atoms with E-state index in [1.807, 2.05) is 24.3 Å². The monoisotopic (exact) mass is 456 g/mol. The Hall–Kier alpha value is -3.49. The largest absolute Gasteiger partial charge is 0.494 e. The van der Waals surface area contributed by atoms with Gasteiger partial charge in [-0.1, -0.05) is 23.7 Å². The second-order valence-electron chi connectivity index (χ2n) is 7.01. The topological polar surface area (TPSA) is 107 Å². The third-order valence-corrected chi connectivity index (χ3v) is 5.25. The molecule has 8 nitrogen and oxygen atoms in total. The molecule has 0 saturated heterocycles. The van der Waals surface area contributed by atoms with Gasteiger partial charge in [0.25, 0.3) is 5.88 Å². The molecule has 0 radical (unpaired) electrons. The van der Waals surface area contributed by atoms with Crippen LogP contribution in [0, 0.1) is 0 Å². The number of halogens is 1. The second-order valence-corrected chi connectivity index (χ2v) is 7.42. The van der Waals surface area contributed by atoms with Gasteiger partial charge in [-0.15, -0.1) is 0 Å². The smallest absolute Gasteiger partial charge is 0.254 e. The van der Waals surface area contributed by atoms with E-state index in [1.165, 1.54) is 13.2 Å². The molecule has 2 aromatic carbocycles. The minimum Gasteiger partial charge on any atom is -0.494 e. The number of aromatic nitrogens is 2. The summed E-state index contributed by atoms with van der Waals surface area (Å²) in [5, 5.41) is 15.0. The minimum absolute atomic E-state index is 0.0514. The van der Waals surface area contributed by atoms with Crippen molar-refractivity contribution < 1.29 is 28.6 Å². The Balaban J connectivity index is 1.67. The average Bonchev–Trinajstić information content (AvgIpc) is 3.40. The lowest BCUT2D eigenvalue weighted by atomic mass is 10.0. The number of methoxy groups -OCH3 is 2. The zero-order valence-corrected chi connectivity index (χ0v) is 18.2. The molecule has 2 heterocycles. The summed E-state index contributed by atoms with van der Waals surface area (Å²) in [7, 11) is 3.07. The number of carbonyl (C=O) groups excluding carboxylic acids is 1. The molecule has 0 unspecified atom stereocenters. The van der Waals surface area contributed by atoms with Crippen LogP contribution in [0.25, 0.3) is 22.0 Å². The minimum atomic E-state index is -0.530. The number of fused-ring (bicyclic) bond motifs is 1. The third kappa shape index (κ3) is 4.28. The molecule has 0 aliphatic heterocycles. The summed E-state index contributed by atoms with van der Waals surface area (Å²) in [5.41, 5.74) is 2.12. The molecular formula is C23H21ClN2O6. The Morgan fingerprint density at radius 3 is 2.62 bits per heavy atom. The lowest BCUT2D eigenvalue weighted by Crippen LogP contribution is -2.01. The summed E-state index contributed by atoms with van der Waals surface area (Å²) in [5.74, 6) is 0.0352. The molecule has 32 heavy (non-hydrogen) atoms. The van der Waals surface area contributed by atoms with Crippen molar-refractivity contribution in [1.82, 2.24) is 10.1 Å². The number of carbonyl (C=O) groups is 1. The lowest BCUT2D eigenvalue weighted by Gasteiger charge is -2.09. The standard InChI is InChI=1S/C23H21ClN2O6/c1-29-8-3-9-31-14-6-4-13(5-7-14)15-10-16-18(11-17(15)24)25-23(28)21(16)22(27)19-12-20(30-2)26-32-19/h4-7,10-12,25,28H,3,8-9H2,1-2H3. The second kappa shape index (κ2) is 9.33. The van der Waals surface area contributed by atoms with Crippen molar-refractivity contribution in [3.63, 3.8) is 0 Å². The number of rotatable bonds is 9. The maximum atomic E-state index is 13.0. The molecule has 0 atom stereocenters. The van der Waals surface area contributed by atoms with Crippen LogP contribution in [0.4, 0.5) is 0 Å². The maximum absolute atomic E-state index is 13.0. The summed E-state index contributed by atoms with van der Waals surface area (Å²) in [6.07, 6.45) is 0.797. The van der Waals surface area contributed by atoms with Gasteiger partial charge in [-0.3, -0.25) is 4.79 Å². The van der Waals surface area contributed by atoms with Crippen molar-refractivity contribution in [1.29, 1.82) is 0 Å². The Morgan fingerprint density at radius 1 is 1.16 bits per heavy atom. The zero-order valence-electron chi connectivity index (χ0n) is 17.5. The first-order valence-electron chi connectivity index (χ1n) is 9.83. The average molecular weight is 457 g/mol. The third-order valence-electron chi connectivity index (χ3n) is 4.94. The van der Waals surface area contributed by atoms with E-state index in [0.29, 0.717) is 34.7 Å². The number of ether oxygens (including phenoxy) is 3. The Morgan fingerprint density at radius 2 is 1.94 bits per heavy atom. The van der Waals surface area contributed by atoms with Gasteiger partial charge < -0.3 is 28.8 Å². The number of nitrogens with zero attached hydrogens (tertiary/aromatic N) is 1. The maximum Gasteiger partial charge on any atom is 0.254 e. The van der Waals surface area contributed by atoms with Crippen molar-refractivity contribution >= 4 is 28.3 Å². The number of ketones is 1. The van der Waals surface area contributed by atoms with Crippen molar-refractivity contribution in [2.45, 2.75) is 6.42 Å². The van der Waals surface area contributed by atoms with Gasteiger partial charge in [0.1, 0.15) is 5.75 Å². The van der Waals surface area contributed by atoms with Crippen LogP contribution in [0.15, 0.2) is 47.0 Å². The van der Waals surface area contributed by atoms with E-state index >= 15 is 0 Å². The van der Waals surface area contributed by atoms with E-state index in [2.05, 4.69) is 10.1 Å². The lowest BCUT2D eigenvalue weighted by molar-refractivity contribution is 0.0999. The van der Waals surface area contributed by atoms with Gasteiger partial charge in [0, 0.05) is 31.1 Å². The molecule has 4 rings (SSSR count). The van der Waals surface area contributed by atoms with Crippen molar-refractivity contribution in [2.24, 2.45) is 0 Å². The number of benzene rings is 2. The molecule has 0 fully saturated rings. The van der Waals surface area contributed by atoms with E-state index < -0.39 is 5.78 Å². The van der Waals surface area contributed by atoms with Crippen LogP contribution < -0.4 is 9.47 Å². The fraction of sp³-hybridized carbons (Fsp3) is 0.217. The van der Waals surface area contributed by atoms with Gasteiger partial charge in [-0.2, -0.15) is 0 Å². The highest BCUT2D eigenvalue weighted by molar-refractivity contribution is 6.34. The van der Waals surface area contributed by atoms with E-state index in [4.69, 9.17) is 30.3 Å². The predicted molar refractivity (Wildman–Crippen MR) is 119 cm³/mol. The summed E-state index contributed by atoms with van der Waals surface area (Å²) in [6.45, 7) is 1.19. The molecule has 2 aromatic heterocycles. The molecule has 0 amide bonds. The van der Waals surface area contributed by atoms with E-state index in [-0.39, 0.29) is 23.1 Å². The summed E-state index contributed by atoms with van der Waals surface area (Å²) in [4.78, 5) is 15.8. The van der Waals surface area contributed by atoms with Crippen LogP contribution in [0.1, 0.15) is 22.5 Å². The first-order chi connectivity index (χ1) is 15.5. The molecule has 9 heteroatoms. The highest BCUT2D eigenvalue weighted by Crippen LogP contribution is 2.37. The van der Waals surface area contributed by atoms with Crippen LogP contribution in [-0.2, 0) is 4.74 Å². The molecule has 4 aromatic rings. The molecular weight excluding hydrogens is 436 g/mol. The van der Waals surface area contributed by atoms with Crippen LogP contribution in [0.5, 0.6) is 17.5 Å². The fourth-order valence-corrected chi connectivity index (χ4v) is 3.63. The number of aromatic amines is 1. The predicted octanol–water partition coefficient (Wildman–Crippen LogP) is 4.84.